The molecule has 1 fully saturated rings. The van der Waals surface area contributed by atoms with Crippen molar-refractivity contribution in [2.24, 2.45) is 0 Å². The molecule has 0 radical (unpaired) electrons. The number of pyridine rings is 1. The van der Waals surface area contributed by atoms with Gasteiger partial charge in [-0.05, 0) is 42.2 Å². The number of allylic oxidation sites excluding steroid dienone is 2. The molecular weight excluding hydrogens is 440 g/mol. The van der Waals surface area contributed by atoms with Crippen molar-refractivity contribution in [3.8, 4) is 11.3 Å². The number of carbonyl (C=O) groups is 1. The molecule has 8 nitrogen and oxygen atoms in total. The van der Waals surface area contributed by atoms with E-state index in [1.807, 2.05) is 37.3 Å². The highest BCUT2D eigenvalue weighted by Crippen LogP contribution is 2.25. The van der Waals surface area contributed by atoms with Crippen LogP contribution in [-0.2, 0) is 11.2 Å². The maximum Gasteiger partial charge on any atom is 0.251 e. The molecule has 1 aliphatic rings. The first-order valence-corrected chi connectivity index (χ1v) is 11.6. The van der Waals surface area contributed by atoms with E-state index in [4.69, 9.17) is 15.5 Å². The Morgan fingerprint density at radius 2 is 1.91 bits per heavy atom. The molecule has 8 heteroatoms. The van der Waals surface area contributed by atoms with Gasteiger partial charge in [-0.25, -0.2) is 15.0 Å². The average Bonchev–Trinajstić information content (AvgIpc) is 2.88. The smallest absolute Gasteiger partial charge is 0.251 e. The number of hydrogen-bond donors (Lipinski definition) is 2. The van der Waals surface area contributed by atoms with E-state index in [-0.39, 0.29) is 11.9 Å². The van der Waals surface area contributed by atoms with Crippen LogP contribution in [0.4, 0.5) is 11.8 Å². The standard InChI is InChI=1S/C27H30N6O2/c1-4-18(2)21-7-5-20(6-8-21)9-10-29-26(34)22-15-24(23-17-30-27(28)31-19(23)3)32-25(16-22)33-11-13-35-14-12-33/h4-8,15-17H,1-2,9-14H2,3H3,(H,29,34)(H2,28,30,31). The molecule has 0 atom stereocenters. The second-order valence-corrected chi connectivity index (χ2v) is 8.36. The van der Waals surface area contributed by atoms with E-state index in [2.05, 4.69) is 33.3 Å². The highest BCUT2D eigenvalue weighted by Gasteiger charge is 2.18. The van der Waals surface area contributed by atoms with Gasteiger partial charge in [-0.2, -0.15) is 0 Å². The van der Waals surface area contributed by atoms with Gasteiger partial charge in [0, 0.05) is 37.0 Å². The molecule has 1 saturated heterocycles. The topological polar surface area (TPSA) is 106 Å². The van der Waals surface area contributed by atoms with Crippen LogP contribution in [-0.4, -0.2) is 53.7 Å². The molecule has 35 heavy (non-hydrogen) atoms. The third kappa shape index (κ3) is 5.91. The number of nitrogens with one attached hydrogen (secondary N) is 1. The lowest BCUT2D eigenvalue weighted by atomic mass is 10.0. The molecule has 4 rings (SSSR count). The minimum Gasteiger partial charge on any atom is -0.378 e. The summed E-state index contributed by atoms with van der Waals surface area (Å²) in [5.41, 5.74) is 11.4. The summed E-state index contributed by atoms with van der Waals surface area (Å²) in [6, 6.07) is 11.7. The van der Waals surface area contributed by atoms with Crippen molar-refractivity contribution in [2.75, 3.05) is 43.5 Å². The zero-order chi connectivity index (χ0) is 24.8. The third-order valence-corrected chi connectivity index (χ3v) is 5.95. The molecule has 3 aromatic rings. The molecule has 0 unspecified atom stereocenters. The van der Waals surface area contributed by atoms with Gasteiger partial charge >= 0.3 is 0 Å². The maximum atomic E-state index is 13.1. The second kappa shape index (κ2) is 10.9. The maximum absolute atomic E-state index is 13.1. The Bertz CT molecular complexity index is 1230. The Kier molecular flexibility index (Phi) is 7.52. The van der Waals surface area contributed by atoms with Crippen molar-refractivity contribution in [3.63, 3.8) is 0 Å². The van der Waals surface area contributed by atoms with E-state index in [9.17, 15) is 4.79 Å². The Labute approximate surface area is 205 Å². The molecule has 1 amide bonds. The lowest BCUT2D eigenvalue weighted by Gasteiger charge is -2.28. The summed E-state index contributed by atoms with van der Waals surface area (Å²) in [5, 5.41) is 3.03. The summed E-state index contributed by atoms with van der Waals surface area (Å²) in [4.78, 5) is 28.4. The van der Waals surface area contributed by atoms with Crippen molar-refractivity contribution in [1.82, 2.24) is 20.3 Å². The van der Waals surface area contributed by atoms with Gasteiger partial charge in [0.05, 0.1) is 24.6 Å². The quantitative estimate of drug-likeness (QED) is 0.486. The summed E-state index contributed by atoms with van der Waals surface area (Å²) in [5.74, 6) is 0.773. The monoisotopic (exact) mass is 470 g/mol. The summed E-state index contributed by atoms with van der Waals surface area (Å²) >= 11 is 0. The second-order valence-electron chi connectivity index (χ2n) is 8.36. The number of carbonyl (C=O) groups excluding carboxylic acids is 1. The predicted molar refractivity (Wildman–Crippen MR) is 139 cm³/mol. The van der Waals surface area contributed by atoms with Crippen LogP contribution in [0.25, 0.3) is 16.8 Å². The molecule has 0 aliphatic carbocycles. The van der Waals surface area contributed by atoms with Crippen LogP contribution in [0.1, 0.15) is 27.2 Å². The van der Waals surface area contributed by atoms with Crippen molar-refractivity contribution in [1.29, 1.82) is 0 Å². The highest BCUT2D eigenvalue weighted by atomic mass is 16.5. The number of hydrogen-bond acceptors (Lipinski definition) is 7. The average molecular weight is 471 g/mol. The van der Waals surface area contributed by atoms with Gasteiger partial charge < -0.3 is 20.7 Å². The fraction of sp³-hybridized carbons (Fsp3) is 0.259. The molecule has 0 bridgehead atoms. The van der Waals surface area contributed by atoms with Crippen LogP contribution in [0.2, 0.25) is 0 Å². The zero-order valence-electron chi connectivity index (χ0n) is 20.0. The first-order chi connectivity index (χ1) is 16.9. The third-order valence-electron chi connectivity index (χ3n) is 5.95. The van der Waals surface area contributed by atoms with Crippen molar-refractivity contribution in [2.45, 2.75) is 13.3 Å². The van der Waals surface area contributed by atoms with Crippen LogP contribution in [0.5, 0.6) is 0 Å². The van der Waals surface area contributed by atoms with Crippen LogP contribution in [0, 0.1) is 6.92 Å². The fourth-order valence-electron chi connectivity index (χ4n) is 3.90. The molecule has 3 N–H and O–H groups in total. The number of amides is 1. The number of ether oxygens (including phenoxy) is 1. The predicted octanol–water partition coefficient (Wildman–Crippen LogP) is 3.44. The number of aromatic nitrogens is 3. The summed E-state index contributed by atoms with van der Waals surface area (Å²) in [7, 11) is 0. The van der Waals surface area contributed by atoms with E-state index >= 15 is 0 Å². The van der Waals surface area contributed by atoms with E-state index in [0.717, 1.165) is 28.1 Å². The molecular formula is C27H30N6O2. The summed E-state index contributed by atoms with van der Waals surface area (Å²) in [6.07, 6.45) is 4.10. The van der Waals surface area contributed by atoms with Gasteiger partial charge in [0.25, 0.3) is 5.91 Å². The van der Waals surface area contributed by atoms with Crippen LogP contribution in [0.3, 0.4) is 0 Å². The highest BCUT2D eigenvalue weighted by molar-refractivity contribution is 5.96. The van der Waals surface area contributed by atoms with E-state index in [0.29, 0.717) is 56.2 Å². The van der Waals surface area contributed by atoms with Crippen molar-refractivity contribution in [3.05, 3.63) is 84.2 Å². The molecule has 1 aliphatic heterocycles. The number of morpholine rings is 1. The number of nitrogen functional groups attached to an aromatic ring is 1. The largest absolute Gasteiger partial charge is 0.378 e. The van der Waals surface area contributed by atoms with Crippen molar-refractivity contribution < 1.29 is 9.53 Å². The first-order valence-electron chi connectivity index (χ1n) is 11.6. The summed E-state index contributed by atoms with van der Waals surface area (Å²) < 4.78 is 5.48. The Morgan fingerprint density at radius 1 is 1.17 bits per heavy atom. The number of nitrogens with zero attached hydrogens (tertiary/aromatic N) is 4. The van der Waals surface area contributed by atoms with Crippen LogP contribution < -0.4 is 16.0 Å². The van der Waals surface area contributed by atoms with Crippen LogP contribution >= 0.6 is 0 Å². The molecule has 1 aromatic carbocycles. The van der Waals surface area contributed by atoms with Gasteiger partial charge in [-0.1, -0.05) is 43.5 Å². The van der Waals surface area contributed by atoms with Gasteiger partial charge in [-0.15, -0.1) is 0 Å². The number of benzene rings is 1. The van der Waals surface area contributed by atoms with E-state index in [1.54, 1.807) is 18.3 Å². The minimum absolute atomic E-state index is 0.158. The van der Waals surface area contributed by atoms with Crippen LogP contribution in [0.15, 0.2) is 61.8 Å². The van der Waals surface area contributed by atoms with Gasteiger partial charge in [0.15, 0.2) is 0 Å². The van der Waals surface area contributed by atoms with Gasteiger partial charge in [0.2, 0.25) is 5.95 Å². The Morgan fingerprint density at radius 3 is 2.60 bits per heavy atom. The van der Waals surface area contributed by atoms with E-state index in [1.165, 1.54) is 0 Å². The zero-order valence-corrected chi connectivity index (χ0v) is 20.0. The first kappa shape index (κ1) is 24.1. The lowest BCUT2D eigenvalue weighted by Crippen LogP contribution is -2.37. The molecule has 2 aromatic heterocycles. The lowest BCUT2D eigenvalue weighted by molar-refractivity contribution is 0.0954. The van der Waals surface area contributed by atoms with Crippen molar-refractivity contribution >= 4 is 23.2 Å². The molecule has 0 saturated carbocycles. The number of aryl methyl sites for hydroxylation is 1. The minimum atomic E-state index is -0.158. The molecule has 3 heterocycles. The fourth-order valence-corrected chi connectivity index (χ4v) is 3.90. The van der Waals surface area contributed by atoms with E-state index < -0.39 is 0 Å². The SMILES string of the molecule is C=CC(=C)c1ccc(CCNC(=O)c2cc(-c3cnc(N)nc3C)nc(N3CCOCC3)c2)cc1. The Balaban J connectivity index is 1.52. The Hall–Kier alpha value is -4.04. The number of rotatable bonds is 8. The normalized spacial score (nSPS) is 13.3. The summed E-state index contributed by atoms with van der Waals surface area (Å²) in [6.45, 7) is 12.7. The molecule has 180 valence electrons. The number of nitrogens with two attached hydrogens (primary N) is 1. The van der Waals surface area contributed by atoms with Gasteiger partial charge in [0.1, 0.15) is 5.82 Å². The number of anilines is 2. The van der Waals surface area contributed by atoms with Gasteiger partial charge in [-0.3, -0.25) is 4.79 Å². The molecule has 0 spiro atoms.